The molecule has 0 radical (unpaired) electrons. The Morgan fingerprint density at radius 3 is 0.670 bits per heavy atom. The van der Waals surface area contributed by atoms with Crippen molar-refractivity contribution in [2.75, 3.05) is 53.4 Å². The van der Waals surface area contributed by atoms with Crippen molar-refractivity contribution in [2.24, 2.45) is 0 Å². The summed E-state index contributed by atoms with van der Waals surface area (Å²) < 4.78 is 0. The predicted octanol–water partition coefficient (Wildman–Crippen LogP) is 9.30. The first-order valence-corrected chi connectivity index (χ1v) is 32.7. The number of amides is 9. The Hall–Kier alpha value is -7.84. The van der Waals surface area contributed by atoms with Crippen molar-refractivity contribution in [3.05, 3.63) is 117 Å². The van der Waals surface area contributed by atoms with Gasteiger partial charge in [-0.15, -0.1) is 0 Å². The number of hydrogen-bond acceptors (Lipinski definition) is 15. The number of unbranched alkanes of at least 4 members (excludes halogenated alkanes) is 6. The summed E-state index contributed by atoms with van der Waals surface area (Å²) in [5, 5.41) is 21.4. The molecule has 0 spiro atoms. The van der Waals surface area contributed by atoms with Crippen molar-refractivity contribution in [3.8, 4) is 0 Å². The standard InChI is InChI=1S/C33H51N3O6.C26H36N3O6.C11H13N3O3.CH4.2W/c1-4-28(37)16-10-7-13-19-34-31(40)25-22-26(32(41)35-20-14-8-11-17-29(38)5-2)24-27(23-25)33(42)36-21-15-9-12-18-30(39)6-3;1-4-22(31)10-7-13-28-25(34)20-15-19(24(33)27-12-6-9-18(3)30)16-21(17-20)26(35)29-14-8-11-23(32)5-2;1-13-10(16)7-3-6(9(12)15)4-8(5-7)11(17)14-2;;;/h22-24H,4-21H2,1-3H3,(H,34,40)(H,35,41)(H,36,42);15-17H,3-14H2,1-2H3,(H,27,33)(H,28,34)(H,29,35);3-5H,1-2H3,(H4,12,13,14,15,16,17);1H4;;/q;-1;;;;/p-1. The molecular formula is C71H103N9O15W2-2. The Morgan fingerprint density at radius 2 is 0.474 bits per heavy atom. The summed E-state index contributed by atoms with van der Waals surface area (Å²) in [7, 11) is 2.88. The number of carbonyl (C=O) groups excluding carboxylic acids is 15. The second kappa shape index (κ2) is 55.2. The Kier molecular flexibility index (Phi) is 53.1. The maximum absolute atomic E-state index is 12.9. The molecule has 0 fully saturated rings. The minimum absolute atomic E-state index is 0. The van der Waals surface area contributed by atoms with Gasteiger partial charge in [0.1, 0.15) is 28.9 Å². The van der Waals surface area contributed by atoms with Crippen LogP contribution in [-0.2, 0) is 70.9 Å². The molecule has 0 heterocycles. The molecule has 9 amide bonds. The van der Waals surface area contributed by atoms with Crippen molar-refractivity contribution in [2.45, 2.75) is 190 Å². The van der Waals surface area contributed by atoms with Crippen LogP contribution in [0.15, 0.2) is 54.6 Å². The molecule has 3 rings (SSSR count). The van der Waals surface area contributed by atoms with Crippen LogP contribution >= 0.6 is 0 Å². The molecule has 9 N–H and O–H groups in total. The quantitative estimate of drug-likeness (QED) is 0.0193. The fraction of sp³-hybridized carbons (Fsp3) is 0.521. The maximum Gasteiger partial charge on any atom is 0.251 e. The molecule has 0 aliphatic carbocycles. The van der Waals surface area contributed by atoms with Gasteiger partial charge in [-0.3, -0.25) is 62.3 Å². The first-order valence-electron chi connectivity index (χ1n) is 32.7. The third-order valence-corrected chi connectivity index (χ3v) is 14.6. The van der Waals surface area contributed by atoms with Crippen LogP contribution in [0.2, 0.25) is 0 Å². The summed E-state index contributed by atoms with van der Waals surface area (Å²) in [6, 6.07) is 12.6. The topological polar surface area (TPSA) is 376 Å². The fourth-order valence-electron chi connectivity index (χ4n) is 8.79. The van der Waals surface area contributed by atoms with Gasteiger partial charge in [-0.25, -0.2) is 0 Å². The van der Waals surface area contributed by atoms with Crippen molar-refractivity contribution < 1.29 is 114 Å². The molecule has 3 aromatic carbocycles. The van der Waals surface area contributed by atoms with E-state index in [1.165, 1.54) is 68.7 Å². The summed E-state index contributed by atoms with van der Waals surface area (Å²) in [6.07, 6.45) is 13.5. The van der Waals surface area contributed by atoms with E-state index < -0.39 is 35.4 Å². The SMILES string of the molecule is C.CCC(=O)CCCCCNC(=O)c1cc(C(=O)NCCCCCC(=O)CC)cc(C(=O)NCCCCCC(=O)CC)c1.CNC(=O)c1cc(C([NH-])=O)cc(C(=O)NC)c1.[CH2-]C(=O)CCCNC(=O)c1cc(C(=O)NCCCC(=O)CC)cc(C(=O)NCCCC(=O)CC)c1.[W].[W]. The molecule has 0 aliphatic heterocycles. The molecule has 0 saturated heterocycles. The van der Waals surface area contributed by atoms with Crippen LogP contribution in [0.5, 0.6) is 0 Å². The smallest absolute Gasteiger partial charge is 0.251 e. The number of benzene rings is 3. The predicted molar refractivity (Wildman–Crippen MR) is 365 cm³/mol. The summed E-state index contributed by atoms with van der Waals surface area (Å²) in [5.74, 6) is -3.60. The fourth-order valence-corrected chi connectivity index (χ4v) is 8.79. The van der Waals surface area contributed by atoms with Gasteiger partial charge in [0.05, 0.1) is 5.91 Å². The Bertz CT molecular complexity index is 2850. The first-order chi connectivity index (χ1) is 44.9. The largest absolute Gasteiger partial charge is 0.664 e. The number of Topliss-reactive ketones (excluding diaryl/α,β-unsaturated/α-hetero) is 6. The number of rotatable bonds is 44. The molecule has 3 aromatic rings. The molecule has 0 atom stereocenters. The van der Waals surface area contributed by atoms with Crippen molar-refractivity contribution >= 4 is 87.9 Å². The van der Waals surface area contributed by atoms with E-state index in [2.05, 4.69) is 49.5 Å². The number of ketones is 6. The van der Waals surface area contributed by atoms with Gasteiger partial charge in [-0.2, -0.15) is 0 Å². The van der Waals surface area contributed by atoms with Crippen molar-refractivity contribution in [1.29, 1.82) is 0 Å². The van der Waals surface area contributed by atoms with Crippen LogP contribution in [0.4, 0.5) is 0 Å². The molecule has 0 aromatic heterocycles. The minimum Gasteiger partial charge on any atom is -0.664 e. The van der Waals surface area contributed by atoms with Crippen LogP contribution in [0.25, 0.3) is 5.73 Å². The monoisotopic (exact) mass is 1690 g/mol. The van der Waals surface area contributed by atoms with Crippen LogP contribution in [-0.4, -0.2) is 141 Å². The van der Waals surface area contributed by atoms with Gasteiger partial charge in [0.2, 0.25) is 0 Å². The zero-order valence-corrected chi connectivity index (χ0v) is 62.7. The molecule has 0 unspecified atom stereocenters. The summed E-state index contributed by atoms with van der Waals surface area (Å²) in [6.45, 7) is 14.5. The number of hydrogen-bond donors (Lipinski definition) is 8. The molecule has 26 heteroatoms. The molecular weight excluding hydrogens is 1590 g/mol. The van der Waals surface area contributed by atoms with Gasteiger partial charge < -0.3 is 64.8 Å². The Balaban J connectivity index is -0.00000145. The third-order valence-electron chi connectivity index (χ3n) is 14.6. The summed E-state index contributed by atoms with van der Waals surface area (Å²) >= 11 is 0. The molecule has 0 aliphatic rings. The van der Waals surface area contributed by atoms with E-state index in [-0.39, 0.29) is 178 Å². The van der Waals surface area contributed by atoms with Gasteiger partial charge in [0, 0.05) is 210 Å². The van der Waals surface area contributed by atoms with Gasteiger partial charge >= 0.3 is 0 Å². The van der Waals surface area contributed by atoms with Gasteiger partial charge in [0.25, 0.3) is 47.3 Å². The molecule has 0 saturated carbocycles. The summed E-state index contributed by atoms with van der Waals surface area (Å²) in [4.78, 5) is 179. The minimum atomic E-state index is -0.944. The maximum atomic E-state index is 12.9. The summed E-state index contributed by atoms with van der Waals surface area (Å²) in [5.41, 5.74) is 8.44. The third kappa shape index (κ3) is 41.1. The van der Waals surface area contributed by atoms with Gasteiger partial charge in [-0.05, 0) is 125 Å². The van der Waals surface area contributed by atoms with Crippen LogP contribution in [0.3, 0.4) is 0 Å². The number of carbonyl (C=O) groups is 15. The Labute approximate surface area is 601 Å². The van der Waals surface area contributed by atoms with Crippen LogP contribution in [0.1, 0.15) is 283 Å². The van der Waals surface area contributed by atoms with Crippen molar-refractivity contribution in [1.82, 2.24) is 42.5 Å². The van der Waals surface area contributed by atoms with E-state index in [1.54, 1.807) is 13.8 Å². The van der Waals surface area contributed by atoms with Crippen LogP contribution < -0.4 is 42.5 Å². The van der Waals surface area contributed by atoms with Crippen LogP contribution in [0, 0.1) is 6.92 Å². The van der Waals surface area contributed by atoms with Gasteiger partial charge in [-0.1, -0.05) is 61.3 Å². The second-order valence-electron chi connectivity index (χ2n) is 22.2. The van der Waals surface area contributed by atoms with Gasteiger partial charge in [0.15, 0.2) is 0 Å². The normalized spacial score (nSPS) is 10.0. The van der Waals surface area contributed by atoms with E-state index in [0.717, 1.165) is 57.8 Å². The average Bonchev–Trinajstić information content (AvgIpc) is 1.08. The van der Waals surface area contributed by atoms with E-state index in [0.29, 0.717) is 103 Å². The van der Waals surface area contributed by atoms with E-state index in [9.17, 15) is 71.9 Å². The first kappa shape index (κ1) is 93.3. The average molecular weight is 1690 g/mol. The van der Waals surface area contributed by atoms with E-state index >= 15 is 0 Å². The molecule has 536 valence electrons. The van der Waals surface area contributed by atoms with Crippen molar-refractivity contribution in [3.63, 3.8) is 0 Å². The zero-order chi connectivity index (χ0) is 70.4. The molecule has 24 nitrogen and oxygen atoms in total. The Morgan fingerprint density at radius 1 is 0.289 bits per heavy atom. The second-order valence-corrected chi connectivity index (χ2v) is 22.2. The van der Waals surface area contributed by atoms with E-state index in [4.69, 9.17) is 5.73 Å². The zero-order valence-electron chi connectivity index (χ0n) is 56.8. The molecule has 97 heavy (non-hydrogen) atoms. The number of nitrogens with one attached hydrogen (secondary N) is 9. The molecule has 0 bridgehead atoms. The van der Waals surface area contributed by atoms with E-state index in [1.807, 2.05) is 20.8 Å².